The summed E-state index contributed by atoms with van der Waals surface area (Å²) in [7, 11) is 0. The summed E-state index contributed by atoms with van der Waals surface area (Å²) in [5.41, 5.74) is 2.07. The van der Waals surface area contributed by atoms with Gasteiger partial charge in [-0.1, -0.05) is 31.1 Å². The van der Waals surface area contributed by atoms with E-state index in [1.165, 1.54) is 5.56 Å². The zero-order chi connectivity index (χ0) is 19.0. The summed E-state index contributed by atoms with van der Waals surface area (Å²) in [6, 6.07) is 7.97. The molecule has 27 heavy (non-hydrogen) atoms. The van der Waals surface area contributed by atoms with Gasteiger partial charge in [-0.25, -0.2) is 0 Å². The molecule has 1 N–H and O–H groups in total. The summed E-state index contributed by atoms with van der Waals surface area (Å²) in [6.07, 6.45) is 2.42. The van der Waals surface area contributed by atoms with Crippen molar-refractivity contribution in [3.63, 3.8) is 0 Å². The minimum Gasteiger partial charge on any atom is -0.347 e. The minimum absolute atomic E-state index is 0.0266. The fourth-order valence-corrected chi connectivity index (χ4v) is 3.33. The van der Waals surface area contributed by atoms with Crippen LogP contribution < -0.4 is 10.2 Å². The second kappa shape index (κ2) is 7.13. The molecule has 1 atom stereocenters. The molecule has 1 saturated carbocycles. The topological polar surface area (TPSA) is 88.3 Å². The average Bonchev–Trinajstić information content (AvgIpc) is 3.28. The minimum atomic E-state index is -0.368. The second-order valence-corrected chi connectivity index (χ2v) is 7.69. The van der Waals surface area contributed by atoms with Crippen molar-refractivity contribution in [2.24, 2.45) is 5.92 Å². The smallest absolute Gasteiger partial charge is 0.246 e. The van der Waals surface area contributed by atoms with Crippen LogP contribution in [0, 0.1) is 5.92 Å². The third-order valence-electron chi connectivity index (χ3n) is 5.21. The molecule has 1 aromatic carbocycles. The predicted molar refractivity (Wildman–Crippen MR) is 99.1 cm³/mol. The van der Waals surface area contributed by atoms with Crippen LogP contribution >= 0.6 is 0 Å². The van der Waals surface area contributed by atoms with E-state index in [2.05, 4.69) is 29.3 Å². The van der Waals surface area contributed by atoms with Gasteiger partial charge in [0.2, 0.25) is 17.7 Å². The van der Waals surface area contributed by atoms with E-state index >= 15 is 0 Å². The molecule has 1 saturated heterocycles. The maximum atomic E-state index is 12.5. The lowest BCUT2D eigenvalue weighted by Gasteiger charge is -2.17. The number of aromatic nitrogens is 2. The first-order chi connectivity index (χ1) is 13.0. The van der Waals surface area contributed by atoms with E-state index in [-0.39, 0.29) is 30.7 Å². The van der Waals surface area contributed by atoms with E-state index < -0.39 is 0 Å². The number of rotatable bonds is 6. The van der Waals surface area contributed by atoms with Crippen LogP contribution in [0.25, 0.3) is 0 Å². The van der Waals surface area contributed by atoms with E-state index in [0.717, 1.165) is 24.4 Å². The highest BCUT2D eigenvalue weighted by atomic mass is 16.5. The summed E-state index contributed by atoms with van der Waals surface area (Å²) in [4.78, 5) is 30.8. The van der Waals surface area contributed by atoms with Crippen molar-refractivity contribution in [3.8, 4) is 0 Å². The van der Waals surface area contributed by atoms with Crippen molar-refractivity contribution in [2.75, 3.05) is 11.4 Å². The first-order valence-electron chi connectivity index (χ1n) is 9.51. The lowest BCUT2D eigenvalue weighted by molar-refractivity contribution is -0.126. The Labute approximate surface area is 158 Å². The van der Waals surface area contributed by atoms with E-state index in [0.29, 0.717) is 24.3 Å². The van der Waals surface area contributed by atoms with Gasteiger partial charge in [0, 0.05) is 24.6 Å². The highest BCUT2D eigenvalue weighted by molar-refractivity contribution is 6.00. The van der Waals surface area contributed by atoms with Gasteiger partial charge in [-0.3, -0.25) is 9.59 Å². The molecule has 2 aromatic rings. The Balaban J connectivity index is 1.34. The molecule has 4 rings (SSSR count). The Morgan fingerprint density at radius 2 is 2.04 bits per heavy atom. The molecule has 0 spiro atoms. The van der Waals surface area contributed by atoms with Crippen molar-refractivity contribution in [1.82, 2.24) is 15.5 Å². The van der Waals surface area contributed by atoms with Crippen molar-refractivity contribution >= 4 is 17.5 Å². The summed E-state index contributed by atoms with van der Waals surface area (Å²) < 4.78 is 5.17. The molecule has 1 aromatic heterocycles. The van der Waals surface area contributed by atoms with Gasteiger partial charge in [0.05, 0.1) is 12.5 Å². The van der Waals surface area contributed by atoms with Crippen LogP contribution in [-0.2, 0) is 16.1 Å². The molecule has 142 valence electrons. The Kier molecular flexibility index (Phi) is 4.68. The normalized spacial score (nSPS) is 19.7. The average molecular weight is 368 g/mol. The van der Waals surface area contributed by atoms with Crippen LogP contribution in [0.1, 0.15) is 62.2 Å². The number of nitrogens with zero attached hydrogens (tertiary/aromatic N) is 3. The molecule has 1 aliphatic carbocycles. The van der Waals surface area contributed by atoms with E-state index in [1.807, 2.05) is 24.3 Å². The highest BCUT2D eigenvalue weighted by Gasteiger charge is 2.35. The molecule has 0 bridgehead atoms. The summed E-state index contributed by atoms with van der Waals surface area (Å²) in [5, 5.41) is 6.75. The molecule has 7 heteroatoms. The van der Waals surface area contributed by atoms with E-state index in [4.69, 9.17) is 4.52 Å². The zero-order valence-electron chi connectivity index (χ0n) is 15.6. The van der Waals surface area contributed by atoms with Crippen LogP contribution in [0.3, 0.4) is 0 Å². The van der Waals surface area contributed by atoms with Gasteiger partial charge in [0.15, 0.2) is 5.82 Å². The zero-order valence-corrected chi connectivity index (χ0v) is 15.6. The van der Waals surface area contributed by atoms with Gasteiger partial charge in [0.1, 0.15) is 0 Å². The first-order valence-corrected chi connectivity index (χ1v) is 9.51. The molecule has 2 amide bonds. The standard InChI is InChI=1S/C20H24N4O3/c1-12(2)13-5-7-16(8-6-13)24-11-15(9-18(24)25)20(26)21-10-17-22-19(23-27-17)14-3-4-14/h5-8,12,14-15H,3-4,9-11H2,1-2H3,(H,21,26)/t15-/m0/s1. The van der Waals surface area contributed by atoms with Crippen molar-refractivity contribution in [2.45, 2.75) is 51.5 Å². The van der Waals surface area contributed by atoms with Gasteiger partial charge in [-0.2, -0.15) is 4.98 Å². The van der Waals surface area contributed by atoms with Gasteiger partial charge >= 0.3 is 0 Å². The number of hydrogen-bond acceptors (Lipinski definition) is 5. The lowest BCUT2D eigenvalue weighted by Crippen LogP contribution is -2.32. The van der Waals surface area contributed by atoms with Crippen LogP contribution in [0.5, 0.6) is 0 Å². The number of nitrogens with one attached hydrogen (secondary N) is 1. The molecule has 0 unspecified atom stereocenters. The van der Waals surface area contributed by atoms with Crippen molar-refractivity contribution in [3.05, 3.63) is 41.5 Å². The van der Waals surface area contributed by atoms with Crippen LogP contribution in [0.2, 0.25) is 0 Å². The maximum Gasteiger partial charge on any atom is 0.246 e. The van der Waals surface area contributed by atoms with Gasteiger partial charge < -0.3 is 14.7 Å². The molecule has 0 radical (unpaired) electrons. The Morgan fingerprint density at radius 3 is 2.70 bits per heavy atom. The number of anilines is 1. The number of carbonyl (C=O) groups is 2. The van der Waals surface area contributed by atoms with E-state index in [9.17, 15) is 9.59 Å². The third kappa shape index (κ3) is 3.86. The summed E-state index contributed by atoms with van der Waals surface area (Å²) >= 11 is 0. The monoisotopic (exact) mass is 368 g/mol. The van der Waals surface area contributed by atoms with Crippen molar-refractivity contribution in [1.29, 1.82) is 0 Å². The number of hydrogen-bond donors (Lipinski definition) is 1. The summed E-state index contributed by atoms with van der Waals surface area (Å²) in [6.45, 7) is 4.86. The number of carbonyl (C=O) groups excluding carboxylic acids is 2. The Hall–Kier alpha value is -2.70. The predicted octanol–water partition coefficient (Wildman–Crippen LogP) is 2.74. The van der Waals surface area contributed by atoms with Crippen LogP contribution in [0.4, 0.5) is 5.69 Å². The number of amides is 2. The summed E-state index contributed by atoms with van der Waals surface area (Å²) in [5.74, 6) is 1.45. The largest absolute Gasteiger partial charge is 0.347 e. The van der Waals surface area contributed by atoms with Crippen LogP contribution in [-0.4, -0.2) is 28.5 Å². The molecule has 7 nitrogen and oxygen atoms in total. The van der Waals surface area contributed by atoms with Crippen LogP contribution in [0.15, 0.2) is 28.8 Å². The SMILES string of the molecule is CC(C)c1ccc(N2C[C@@H](C(=O)NCc3nc(C4CC4)no3)CC2=O)cc1. The van der Waals surface area contributed by atoms with Gasteiger partial charge in [-0.05, 0) is 36.5 Å². The molecule has 2 aliphatic rings. The van der Waals surface area contributed by atoms with E-state index in [1.54, 1.807) is 4.90 Å². The molecule has 2 fully saturated rings. The first kappa shape index (κ1) is 17.7. The van der Waals surface area contributed by atoms with Crippen molar-refractivity contribution < 1.29 is 14.1 Å². The fourth-order valence-electron chi connectivity index (χ4n) is 3.33. The lowest BCUT2D eigenvalue weighted by atomic mass is 10.0. The second-order valence-electron chi connectivity index (χ2n) is 7.69. The maximum absolute atomic E-state index is 12.5. The third-order valence-corrected chi connectivity index (χ3v) is 5.21. The highest BCUT2D eigenvalue weighted by Crippen LogP contribution is 2.38. The Morgan fingerprint density at radius 1 is 1.30 bits per heavy atom. The molecular formula is C20H24N4O3. The quantitative estimate of drug-likeness (QED) is 0.847. The van der Waals surface area contributed by atoms with Gasteiger partial charge in [0.25, 0.3) is 0 Å². The molecule has 2 heterocycles. The Bertz CT molecular complexity index is 839. The fraction of sp³-hybridized carbons (Fsp3) is 0.500. The number of benzene rings is 1. The van der Waals surface area contributed by atoms with Gasteiger partial charge in [-0.15, -0.1) is 0 Å². The molecule has 1 aliphatic heterocycles. The molecular weight excluding hydrogens is 344 g/mol.